The molecule has 19 heavy (non-hydrogen) atoms. The Morgan fingerprint density at radius 1 is 1.00 bits per heavy atom. The van der Waals surface area contributed by atoms with Gasteiger partial charge < -0.3 is 9.31 Å². The summed E-state index contributed by atoms with van der Waals surface area (Å²) >= 11 is 0. The minimum Gasteiger partial charge on any atom is -0.400 e. The lowest BCUT2D eigenvalue weighted by Crippen LogP contribution is -2.41. The van der Waals surface area contributed by atoms with Crippen molar-refractivity contribution >= 4 is 13.2 Å². The molecule has 102 valence electrons. The van der Waals surface area contributed by atoms with Gasteiger partial charge in [0.05, 0.1) is 11.2 Å². The molecule has 0 unspecified atom stereocenters. The molecule has 0 radical (unpaired) electrons. The van der Waals surface area contributed by atoms with E-state index in [4.69, 9.17) is 9.31 Å². The van der Waals surface area contributed by atoms with E-state index in [1.54, 1.807) is 0 Å². The average Bonchev–Trinajstić information content (AvgIpc) is 2.46. The van der Waals surface area contributed by atoms with E-state index in [1.807, 2.05) is 18.4 Å². The minimum absolute atomic E-state index is 0.287. The summed E-state index contributed by atoms with van der Waals surface area (Å²) in [6.45, 7) is 12.4. The van der Waals surface area contributed by atoms with Crippen molar-refractivity contribution in [2.45, 2.75) is 52.7 Å². The Hall–Kier alpha value is -1.13. The Morgan fingerprint density at radius 2 is 1.47 bits per heavy atom. The quantitative estimate of drug-likeness (QED) is 0.763. The third-order valence-corrected chi connectivity index (χ3v) is 4.08. The lowest BCUT2D eigenvalue weighted by atomic mass is 9.88. The topological polar surface area (TPSA) is 31.4 Å². The fourth-order valence-electron chi connectivity index (χ4n) is 2.12. The van der Waals surface area contributed by atoms with Crippen LogP contribution < -0.4 is 0 Å². The molecule has 1 aromatic heterocycles. The predicted molar refractivity (Wildman–Crippen MR) is 78.8 cm³/mol. The van der Waals surface area contributed by atoms with Crippen LogP contribution in [-0.2, 0) is 9.31 Å². The molecule has 1 saturated heterocycles. The maximum atomic E-state index is 5.94. The summed E-state index contributed by atoms with van der Waals surface area (Å²) in [6, 6.07) is 0. The predicted octanol–water partition coefficient (Wildman–Crippen LogP) is 3.34. The van der Waals surface area contributed by atoms with Crippen molar-refractivity contribution in [2.75, 3.05) is 0 Å². The Kier molecular flexibility index (Phi) is 3.58. The Bertz CT molecular complexity index is 473. The van der Waals surface area contributed by atoms with Crippen LogP contribution in [-0.4, -0.2) is 23.3 Å². The van der Waals surface area contributed by atoms with Gasteiger partial charge in [-0.15, -0.1) is 0 Å². The zero-order valence-corrected chi connectivity index (χ0v) is 12.7. The van der Waals surface area contributed by atoms with Gasteiger partial charge in [0.15, 0.2) is 0 Å². The molecule has 0 bridgehead atoms. The van der Waals surface area contributed by atoms with Crippen LogP contribution in [0.25, 0.3) is 6.08 Å². The van der Waals surface area contributed by atoms with E-state index < -0.39 is 0 Å². The number of rotatable bonds is 2. The van der Waals surface area contributed by atoms with Gasteiger partial charge in [-0.05, 0) is 58.2 Å². The molecule has 4 heteroatoms. The summed E-state index contributed by atoms with van der Waals surface area (Å²) in [5.74, 6) is 1.98. The number of hydrogen-bond acceptors (Lipinski definition) is 3. The summed E-state index contributed by atoms with van der Waals surface area (Å²) in [6.07, 6.45) is 5.81. The van der Waals surface area contributed by atoms with Crippen molar-refractivity contribution in [3.05, 3.63) is 35.1 Å². The molecule has 2 rings (SSSR count). The van der Waals surface area contributed by atoms with Crippen molar-refractivity contribution in [3.8, 4) is 0 Å². The van der Waals surface area contributed by atoms with Gasteiger partial charge in [0.2, 0.25) is 0 Å². The first kappa shape index (κ1) is 14.3. The van der Waals surface area contributed by atoms with E-state index in [9.17, 15) is 0 Å². The van der Waals surface area contributed by atoms with Gasteiger partial charge in [-0.2, -0.15) is 0 Å². The first-order chi connectivity index (χ1) is 8.73. The normalized spacial score (nSPS) is 21.3. The molecule has 0 spiro atoms. The van der Waals surface area contributed by atoms with E-state index >= 15 is 0 Å². The summed E-state index contributed by atoms with van der Waals surface area (Å²) < 4.78 is 11.9. The van der Waals surface area contributed by atoms with Crippen molar-refractivity contribution in [2.24, 2.45) is 0 Å². The standard InChI is InChI=1S/C15H22BNO2/c1-11-9-17-10-12(2)13(11)7-8-16-18-14(3,4)15(5,6)19-16/h7-10H,1-6H3/b8-7+. The number of aryl methyl sites for hydroxylation is 2. The van der Waals surface area contributed by atoms with Gasteiger partial charge in [-0.3, -0.25) is 4.98 Å². The molecular weight excluding hydrogens is 237 g/mol. The number of aromatic nitrogens is 1. The van der Waals surface area contributed by atoms with Gasteiger partial charge in [-0.1, -0.05) is 12.1 Å². The van der Waals surface area contributed by atoms with Crippen LogP contribution >= 0.6 is 0 Å². The zero-order valence-electron chi connectivity index (χ0n) is 12.7. The molecular formula is C15H22BNO2. The molecule has 3 nitrogen and oxygen atoms in total. The third-order valence-electron chi connectivity index (χ3n) is 4.08. The second-order valence-electron chi connectivity index (χ2n) is 6.17. The summed E-state index contributed by atoms with van der Waals surface area (Å²) in [7, 11) is -0.294. The maximum absolute atomic E-state index is 5.94. The largest absolute Gasteiger partial charge is 0.487 e. The zero-order chi connectivity index (χ0) is 14.3. The molecule has 1 aliphatic heterocycles. The van der Waals surface area contributed by atoms with Gasteiger partial charge >= 0.3 is 7.12 Å². The molecule has 2 heterocycles. The van der Waals surface area contributed by atoms with Gasteiger partial charge in [0.1, 0.15) is 0 Å². The van der Waals surface area contributed by atoms with Crippen LogP contribution in [0.1, 0.15) is 44.4 Å². The summed E-state index contributed by atoms with van der Waals surface area (Å²) in [5, 5.41) is 0. The smallest absolute Gasteiger partial charge is 0.400 e. The molecule has 0 aromatic carbocycles. The highest BCUT2D eigenvalue weighted by Gasteiger charge is 2.49. The van der Waals surface area contributed by atoms with Crippen molar-refractivity contribution in [1.82, 2.24) is 4.98 Å². The van der Waals surface area contributed by atoms with Crippen LogP contribution in [0, 0.1) is 13.8 Å². The van der Waals surface area contributed by atoms with E-state index in [0.717, 1.165) is 11.1 Å². The van der Waals surface area contributed by atoms with Gasteiger partial charge in [-0.25, -0.2) is 0 Å². The molecule has 1 aliphatic rings. The molecule has 0 N–H and O–H groups in total. The highest BCUT2D eigenvalue weighted by Crippen LogP contribution is 2.37. The second kappa shape index (κ2) is 4.76. The SMILES string of the molecule is Cc1cncc(C)c1/C=C/B1OC(C)(C)C(C)(C)O1. The fraction of sp³-hybridized carbons (Fsp3) is 0.533. The average molecular weight is 259 g/mol. The lowest BCUT2D eigenvalue weighted by Gasteiger charge is -2.32. The van der Waals surface area contributed by atoms with Crippen molar-refractivity contribution in [1.29, 1.82) is 0 Å². The van der Waals surface area contributed by atoms with E-state index in [1.165, 1.54) is 5.56 Å². The molecule has 1 fully saturated rings. The number of hydrogen-bond donors (Lipinski definition) is 0. The highest BCUT2D eigenvalue weighted by molar-refractivity contribution is 6.52. The molecule has 0 amide bonds. The van der Waals surface area contributed by atoms with Crippen LogP contribution in [0.3, 0.4) is 0 Å². The van der Waals surface area contributed by atoms with E-state index in [2.05, 4.69) is 52.6 Å². The molecule has 0 aliphatic carbocycles. The summed E-state index contributed by atoms with van der Waals surface area (Å²) in [5.41, 5.74) is 2.93. The van der Waals surface area contributed by atoms with Gasteiger partial charge in [0.25, 0.3) is 0 Å². The number of nitrogens with zero attached hydrogens (tertiary/aromatic N) is 1. The summed E-state index contributed by atoms with van der Waals surface area (Å²) in [4.78, 5) is 4.17. The van der Waals surface area contributed by atoms with E-state index in [-0.39, 0.29) is 18.3 Å². The Labute approximate surface area is 116 Å². The fourth-order valence-corrected chi connectivity index (χ4v) is 2.12. The van der Waals surface area contributed by atoms with Crippen molar-refractivity contribution in [3.63, 3.8) is 0 Å². The molecule has 0 atom stereocenters. The van der Waals surface area contributed by atoms with Gasteiger partial charge in [0, 0.05) is 12.4 Å². The molecule has 1 aromatic rings. The monoisotopic (exact) mass is 259 g/mol. The first-order valence-electron chi connectivity index (χ1n) is 6.68. The van der Waals surface area contributed by atoms with Crippen LogP contribution in [0.2, 0.25) is 0 Å². The highest BCUT2D eigenvalue weighted by atomic mass is 16.7. The Morgan fingerprint density at radius 3 is 1.95 bits per heavy atom. The second-order valence-corrected chi connectivity index (χ2v) is 6.17. The van der Waals surface area contributed by atoms with Crippen LogP contribution in [0.5, 0.6) is 0 Å². The lowest BCUT2D eigenvalue weighted by molar-refractivity contribution is 0.00578. The van der Waals surface area contributed by atoms with E-state index in [0.29, 0.717) is 0 Å². The van der Waals surface area contributed by atoms with Crippen LogP contribution in [0.15, 0.2) is 18.4 Å². The Balaban J connectivity index is 2.18. The maximum Gasteiger partial charge on any atom is 0.487 e. The number of pyridine rings is 1. The van der Waals surface area contributed by atoms with Crippen molar-refractivity contribution < 1.29 is 9.31 Å². The molecule has 0 saturated carbocycles. The third kappa shape index (κ3) is 2.75. The van der Waals surface area contributed by atoms with Crippen LogP contribution in [0.4, 0.5) is 0 Å². The first-order valence-corrected chi connectivity index (χ1v) is 6.68. The minimum atomic E-state index is -0.294.